The lowest BCUT2D eigenvalue weighted by atomic mass is 9.99. The van der Waals surface area contributed by atoms with Gasteiger partial charge in [0.1, 0.15) is 12.0 Å². The predicted molar refractivity (Wildman–Crippen MR) is 45.0 cm³/mol. The van der Waals surface area contributed by atoms with Gasteiger partial charge in [0.2, 0.25) is 0 Å². The van der Waals surface area contributed by atoms with E-state index in [-0.39, 0.29) is 12.4 Å². The molecule has 1 fully saturated rings. The number of nitriles is 1. The quantitative estimate of drug-likeness (QED) is 0.640. The van der Waals surface area contributed by atoms with Crippen LogP contribution in [-0.2, 0) is 14.3 Å². The Balaban J connectivity index is 2.50. The van der Waals surface area contributed by atoms with Crippen molar-refractivity contribution in [3.8, 4) is 6.07 Å². The number of hydrogen-bond acceptors (Lipinski definition) is 4. The van der Waals surface area contributed by atoms with Crippen molar-refractivity contribution in [1.29, 1.82) is 5.26 Å². The second kappa shape index (κ2) is 4.95. The van der Waals surface area contributed by atoms with E-state index in [4.69, 9.17) is 14.7 Å². The Morgan fingerprint density at radius 3 is 2.92 bits per heavy atom. The number of nitrogens with zero attached hydrogens (tertiary/aromatic N) is 1. The van der Waals surface area contributed by atoms with Crippen molar-refractivity contribution in [2.75, 3.05) is 19.8 Å². The number of ether oxygens (including phenoxy) is 2. The van der Waals surface area contributed by atoms with Crippen LogP contribution < -0.4 is 0 Å². The normalized spacial score (nSPS) is 24.8. The lowest BCUT2D eigenvalue weighted by Gasteiger charge is -2.22. The van der Waals surface area contributed by atoms with Gasteiger partial charge in [-0.3, -0.25) is 4.79 Å². The van der Waals surface area contributed by atoms with E-state index in [9.17, 15) is 4.79 Å². The molecule has 13 heavy (non-hydrogen) atoms. The standard InChI is InChI=1S/C9H13NO3/c1-2-7(5-10)9(11)8-6-12-3-4-13-8/h7-8H,2-4,6H2,1H3. The molecule has 1 saturated heterocycles. The molecule has 0 N–H and O–H groups in total. The summed E-state index contributed by atoms with van der Waals surface area (Å²) in [7, 11) is 0. The fraction of sp³-hybridized carbons (Fsp3) is 0.778. The van der Waals surface area contributed by atoms with Gasteiger partial charge in [0, 0.05) is 0 Å². The number of Topliss-reactive ketones (excluding diaryl/α,β-unsaturated/α-hetero) is 1. The van der Waals surface area contributed by atoms with Crippen LogP contribution in [0.5, 0.6) is 0 Å². The zero-order valence-electron chi connectivity index (χ0n) is 7.66. The van der Waals surface area contributed by atoms with Crippen LogP contribution in [0.15, 0.2) is 0 Å². The van der Waals surface area contributed by atoms with Gasteiger partial charge in [-0.05, 0) is 6.42 Å². The average molecular weight is 183 g/mol. The molecule has 0 aromatic rings. The maximum atomic E-state index is 11.5. The van der Waals surface area contributed by atoms with Crippen LogP contribution in [0, 0.1) is 17.2 Å². The highest BCUT2D eigenvalue weighted by molar-refractivity contribution is 5.87. The third-order valence-electron chi connectivity index (χ3n) is 2.04. The summed E-state index contributed by atoms with van der Waals surface area (Å²) in [5.74, 6) is -0.698. The highest BCUT2D eigenvalue weighted by atomic mass is 16.6. The first-order valence-corrected chi connectivity index (χ1v) is 4.42. The molecule has 0 bridgehead atoms. The zero-order valence-corrected chi connectivity index (χ0v) is 7.66. The number of carbonyl (C=O) groups is 1. The zero-order chi connectivity index (χ0) is 9.68. The minimum Gasteiger partial charge on any atom is -0.376 e. The number of rotatable bonds is 3. The van der Waals surface area contributed by atoms with E-state index >= 15 is 0 Å². The van der Waals surface area contributed by atoms with Crippen molar-refractivity contribution in [3.63, 3.8) is 0 Å². The van der Waals surface area contributed by atoms with Crippen LogP contribution >= 0.6 is 0 Å². The third kappa shape index (κ3) is 2.51. The van der Waals surface area contributed by atoms with E-state index in [1.807, 2.05) is 13.0 Å². The lowest BCUT2D eigenvalue weighted by Crippen LogP contribution is -2.38. The Hall–Kier alpha value is -0.920. The topological polar surface area (TPSA) is 59.3 Å². The molecule has 0 aromatic heterocycles. The Morgan fingerprint density at radius 2 is 2.46 bits per heavy atom. The van der Waals surface area contributed by atoms with Crippen LogP contribution in [0.1, 0.15) is 13.3 Å². The van der Waals surface area contributed by atoms with Gasteiger partial charge in [-0.1, -0.05) is 6.92 Å². The van der Waals surface area contributed by atoms with Crippen LogP contribution in [0.2, 0.25) is 0 Å². The molecule has 2 unspecified atom stereocenters. The second-order valence-electron chi connectivity index (χ2n) is 2.93. The Labute approximate surface area is 77.4 Å². The van der Waals surface area contributed by atoms with Gasteiger partial charge in [-0.25, -0.2) is 0 Å². The molecule has 0 saturated carbocycles. The van der Waals surface area contributed by atoms with Gasteiger partial charge in [-0.15, -0.1) is 0 Å². The van der Waals surface area contributed by atoms with Crippen LogP contribution in [0.4, 0.5) is 0 Å². The van der Waals surface area contributed by atoms with Crippen molar-refractivity contribution in [2.45, 2.75) is 19.4 Å². The molecule has 4 nitrogen and oxygen atoms in total. The molecule has 72 valence electrons. The highest BCUT2D eigenvalue weighted by Gasteiger charge is 2.28. The molecule has 0 radical (unpaired) electrons. The molecular weight excluding hydrogens is 170 g/mol. The van der Waals surface area contributed by atoms with Crippen LogP contribution in [-0.4, -0.2) is 31.7 Å². The van der Waals surface area contributed by atoms with Crippen molar-refractivity contribution in [2.24, 2.45) is 5.92 Å². The molecule has 1 aliphatic rings. The minimum atomic E-state index is -0.549. The molecule has 1 aliphatic heterocycles. The van der Waals surface area contributed by atoms with Crippen molar-refractivity contribution in [1.82, 2.24) is 0 Å². The predicted octanol–water partition coefficient (Wildman–Crippen LogP) is 0.521. The van der Waals surface area contributed by atoms with Crippen molar-refractivity contribution < 1.29 is 14.3 Å². The van der Waals surface area contributed by atoms with Gasteiger partial charge in [0.25, 0.3) is 0 Å². The molecule has 0 amide bonds. The van der Waals surface area contributed by atoms with E-state index in [0.29, 0.717) is 19.6 Å². The van der Waals surface area contributed by atoms with Crippen LogP contribution in [0.3, 0.4) is 0 Å². The number of hydrogen-bond donors (Lipinski definition) is 0. The Kier molecular flexibility index (Phi) is 3.87. The van der Waals surface area contributed by atoms with Gasteiger partial charge in [0.15, 0.2) is 5.78 Å². The summed E-state index contributed by atoms with van der Waals surface area (Å²) in [6, 6.07) is 1.96. The first-order valence-electron chi connectivity index (χ1n) is 4.42. The summed E-state index contributed by atoms with van der Waals surface area (Å²) < 4.78 is 10.3. The summed E-state index contributed by atoms with van der Waals surface area (Å²) in [6.07, 6.45) is 0.00759. The fourth-order valence-corrected chi connectivity index (χ4v) is 1.23. The van der Waals surface area contributed by atoms with E-state index in [1.54, 1.807) is 0 Å². The maximum Gasteiger partial charge on any atom is 0.180 e. The molecule has 1 heterocycles. The van der Waals surface area contributed by atoms with E-state index < -0.39 is 12.0 Å². The van der Waals surface area contributed by atoms with E-state index in [0.717, 1.165) is 0 Å². The van der Waals surface area contributed by atoms with Gasteiger partial charge in [0.05, 0.1) is 25.9 Å². The van der Waals surface area contributed by atoms with Crippen molar-refractivity contribution in [3.05, 3.63) is 0 Å². The molecule has 0 spiro atoms. The summed E-state index contributed by atoms with van der Waals surface area (Å²) >= 11 is 0. The summed E-state index contributed by atoms with van der Waals surface area (Å²) in [5.41, 5.74) is 0. The molecule has 0 aliphatic carbocycles. The van der Waals surface area contributed by atoms with E-state index in [2.05, 4.69) is 0 Å². The fourth-order valence-electron chi connectivity index (χ4n) is 1.23. The van der Waals surface area contributed by atoms with Crippen LogP contribution in [0.25, 0.3) is 0 Å². The summed E-state index contributed by atoms with van der Waals surface area (Å²) in [4.78, 5) is 11.5. The lowest BCUT2D eigenvalue weighted by molar-refractivity contribution is -0.147. The summed E-state index contributed by atoms with van der Waals surface area (Å²) in [5, 5.41) is 8.66. The highest BCUT2D eigenvalue weighted by Crippen LogP contribution is 2.11. The largest absolute Gasteiger partial charge is 0.376 e. The smallest absolute Gasteiger partial charge is 0.180 e. The van der Waals surface area contributed by atoms with Gasteiger partial charge >= 0.3 is 0 Å². The maximum absolute atomic E-state index is 11.5. The first kappa shape index (κ1) is 10.2. The minimum absolute atomic E-state index is 0.148. The van der Waals surface area contributed by atoms with Crippen molar-refractivity contribution >= 4 is 5.78 Å². The number of ketones is 1. The molecule has 1 rings (SSSR count). The second-order valence-corrected chi connectivity index (χ2v) is 2.93. The third-order valence-corrected chi connectivity index (χ3v) is 2.04. The number of carbonyl (C=O) groups excluding carboxylic acids is 1. The first-order chi connectivity index (χ1) is 6.29. The van der Waals surface area contributed by atoms with Gasteiger partial charge < -0.3 is 9.47 Å². The monoisotopic (exact) mass is 183 g/mol. The van der Waals surface area contributed by atoms with Gasteiger partial charge in [-0.2, -0.15) is 5.26 Å². The Bertz CT molecular complexity index is 215. The van der Waals surface area contributed by atoms with E-state index in [1.165, 1.54) is 0 Å². The SMILES string of the molecule is CCC(C#N)C(=O)C1COCCO1. The average Bonchev–Trinajstić information content (AvgIpc) is 2.21. The molecular formula is C9H13NO3. The molecule has 0 aromatic carbocycles. The molecule has 2 atom stereocenters. The summed E-state index contributed by atoms with van der Waals surface area (Å²) in [6.45, 7) is 3.08. The molecule has 4 heteroatoms. The Morgan fingerprint density at radius 1 is 1.69 bits per heavy atom.